The Kier molecular flexibility index (Phi) is 13.3. The number of nitrogens with zero attached hydrogens (tertiary/aromatic N) is 2. The van der Waals surface area contributed by atoms with Gasteiger partial charge in [0.15, 0.2) is 17.5 Å². The van der Waals surface area contributed by atoms with Crippen LogP contribution in [0.25, 0.3) is 0 Å². The summed E-state index contributed by atoms with van der Waals surface area (Å²) in [5.41, 5.74) is 1.23. The van der Waals surface area contributed by atoms with E-state index in [1.807, 2.05) is 19.9 Å². The van der Waals surface area contributed by atoms with Crippen LogP contribution >= 0.6 is 24.0 Å². The van der Waals surface area contributed by atoms with Crippen molar-refractivity contribution in [1.82, 2.24) is 15.5 Å². The summed E-state index contributed by atoms with van der Waals surface area (Å²) in [6.07, 6.45) is 0.883. The van der Waals surface area contributed by atoms with Gasteiger partial charge in [-0.1, -0.05) is 6.07 Å². The van der Waals surface area contributed by atoms with Crippen LogP contribution in [0, 0.1) is 0 Å². The lowest BCUT2D eigenvalue weighted by Gasteiger charge is -2.31. The summed E-state index contributed by atoms with van der Waals surface area (Å²) < 4.78 is 11.3. The van der Waals surface area contributed by atoms with Gasteiger partial charge in [0.2, 0.25) is 0 Å². The van der Waals surface area contributed by atoms with E-state index in [0.29, 0.717) is 13.2 Å². The van der Waals surface area contributed by atoms with Crippen molar-refractivity contribution in [2.24, 2.45) is 4.99 Å². The molecule has 0 amide bonds. The average Bonchev–Trinajstić information content (AvgIpc) is 2.62. The third-order valence-electron chi connectivity index (χ3n) is 4.49. The highest BCUT2D eigenvalue weighted by Gasteiger charge is 2.19. The van der Waals surface area contributed by atoms with Crippen LogP contribution in [0.3, 0.4) is 0 Å². The van der Waals surface area contributed by atoms with Gasteiger partial charge in [-0.3, -0.25) is 4.99 Å². The van der Waals surface area contributed by atoms with Crippen molar-refractivity contribution in [3.8, 4) is 11.5 Å². The van der Waals surface area contributed by atoms with Crippen LogP contribution < -0.4 is 20.1 Å². The van der Waals surface area contributed by atoms with E-state index in [9.17, 15) is 0 Å². The van der Waals surface area contributed by atoms with Crippen LogP contribution in [0.4, 0.5) is 0 Å². The zero-order valence-electron chi connectivity index (χ0n) is 18.6. The van der Waals surface area contributed by atoms with E-state index in [4.69, 9.17) is 14.5 Å². The minimum atomic E-state index is 0. The average molecular weight is 506 g/mol. The quantitative estimate of drug-likeness (QED) is 0.273. The molecule has 2 N–H and O–H groups in total. The van der Waals surface area contributed by atoms with Crippen LogP contribution in [0.2, 0.25) is 0 Å². The van der Waals surface area contributed by atoms with E-state index < -0.39 is 0 Å². The van der Waals surface area contributed by atoms with Crippen molar-refractivity contribution in [1.29, 1.82) is 0 Å². The topological polar surface area (TPSA) is 58.1 Å². The maximum absolute atomic E-state index is 5.71. The minimum Gasteiger partial charge on any atom is -0.490 e. The van der Waals surface area contributed by atoms with Gasteiger partial charge in [-0.25, -0.2) is 0 Å². The molecule has 1 aromatic rings. The molecule has 7 heteroatoms. The molecule has 0 aliphatic carbocycles. The number of hydrogen-bond acceptors (Lipinski definition) is 4. The predicted molar refractivity (Wildman–Crippen MR) is 130 cm³/mol. The normalized spacial score (nSPS) is 11.8. The number of ether oxygens (including phenoxy) is 2. The molecule has 0 saturated heterocycles. The predicted octanol–water partition coefficient (Wildman–Crippen LogP) is 3.54. The Morgan fingerprint density at radius 1 is 1.04 bits per heavy atom. The number of likely N-dealkylation sites (N-methyl/N-ethyl adjacent to an activating group) is 1. The van der Waals surface area contributed by atoms with E-state index in [0.717, 1.165) is 43.5 Å². The first-order valence-corrected chi connectivity index (χ1v) is 9.92. The fraction of sp³-hybridized carbons (Fsp3) is 0.667. The number of halogens is 1. The molecule has 0 spiro atoms. The number of guanidine groups is 1. The Hall–Kier alpha value is -1.22. The second-order valence-corrected chi connectivity index (χ2v) is 7.23. The summed E-state index contributed by atoms with van der Waals surface area (Å²) in [4.78, 5) is 6.92. The van der Waals surface area contributed by atoms with Crippen molar-refractivity contribution in [3.05, 3.63) is 23.8 Å². The van der Waals surface area contributed by atoms with Crippen LogP contribution in [0.15, 0.2) is 23.2 Å². The second-order valence-electron chi connectivity index (χ2n) is 7.23. The molecule has 162 valence electrons. The van der Waals surface area contributed by atoms with E-state index in [1.54, 1.807) is 0 Å². The molecule has 28 heavy (non-hydrogen) atoms. The zero-order chi connectivity index (χ0) is 20.3. The van der Waals surface area contributed by atoms with E-state index in [2.05, 4.69) is 62.5 Å². The number of benzene rings is 1. The summed E-state index contributed by atoms with van der Waals surface area (Å²) in [6, 6.07) is 6.15. The van der Waals surface area contributed by atoms with Crippen LogP contribution in [-0.2, 0) is 6.42 Å². The van der Waals surface area contributed by atoms with Gasteiger partial charge in [-0.05, 0) is 72.8 Å². The monoisotopic (exact) mass is 506 g/mol. The Morgan fingerprint density at radius 3 is 2.25 bits per heavy atom. The van der Waals surface area contributed by atoms with E-state index in [-0.39, 0.29) is 29.5 Å². The molecule has 0 aliphatic rings. The Morgan fingerprint density at radius 2 is 1.68 bits per heavy atom. The summed E-state index contributed by atoms with van der Waals surface area (Å²) >= 11 is 0. The standard InChI is InChI=1S/C21H38N4O2.HI/c1-8-22-20(24-16-21(4,5)25(6)7)23-14-13-17-11-12-18(26-9-2)19(15-17)27-10-3;/h11-12,15H,8-10,13-14,16H2,1-7H3,(H2,22,23,24);1H. The van der Waals surface area contributed by atoms with Crippen molar-refractivity contribution in [3.63, 3.8) is 0 Å². The molecule has 0 fully saturated rings. The maximum atomic E-state index is 5.71. The van der Waals surface area contributed by atoms with Gasteiger partial charge in [0.1, 0.15) is 0 Å². The Balaban J connectivity index is 0.00000729. The van der Waals surface area contributed by atoms with Crippen LogP contribution in [0.5, 0.6) is 11.5 Å². The summed E-state index contributed by atoms with van der Waals surface area (Å²) in [7, 11) is 4.16. The number of hydrogen-bond donors (Lipinski definition) is 2. The maximum Gasteiger partial charge on any atom is 0.191 e. The van der Waals surface area contributed by atoms with Gasteiger partial charge in [-0.2, -0.15) is 0 Å². The van der Waals surface area contributed by atoms with Gasteiger partial charge in [0.25, 0.3) is 0 Å². The first-order valence-electron chi connectivity index (χ1n) is 9.92. The largest absolute Gasteiger partial charge is 0.490 e. The molecular weight excluding hydrogens is 467 g/mol. The van der Waals surface area contributed by atoms with Crippen molar-refractivity contribution < 1.29 is 9.47 Å². The fourth-order valence-corrected chi connectivity index (χ4v) is 2.33. The first kappa shape index (κ1) is 26.8. The van der Waals surface area contributed by atoms with Crippen molar-refractivity contribution >= 4 is 29.9 Å². The first-order chi connectivity index (χ1) is 12.8. The highest BCUT2D eigenvalue weighted by atomic mass is 127. The third kappa shape index (κ3) is 9.32. The Labute approximate surface area is 188 Å². The second kappa shape index (κ2) is 13.9. The van der Waals surface area contributed by atoms with Crippen LogP contribution in [0.1, 0.15) is 40.2 Å². The minimum absolute atomic E-state index is 0. The molecule has 0 radical (unpaired) electrons. The summed E-state index contributed by atoms with van der Waals surface area (Å²) in [5.74, 6) is 2.46. The van der Waals surface area contributed by atoms with Crippen molar-refractivity contribution in [2.75, 3.05) is 46.9 Å². The van der Waals surface area contributed by atoms with Gasteiger partial charge < -0.3 is 25.0 Å². The number of nitrogens with one attached hydrogen (secondary N) is 2. The molecule has 1 rings (SSSR count). The molecule has 6 nitrogen and oxygen atoms in total. The lowest BCUT2D eigenvalue weighted by atomic mass is 10.1. The van der Waals surface area contributed by atoms with Crippen molar-refractivity contribution in [2.45, 2.75) is 46.6 Å². The summed E-state index contributed by atoms with van der Waals surface area (Å²) in [6.45, 7) is 14.0. The molecule has 0 unspecified atom stereocenters. The Bertz CT molecular complexity index is 592. The van der Waals surface area contributed by atoms with Gasteiger partial charge in [-0.15, -0.1) is 24.0 Å². The SMILES string of the molecule is CCNC(=NCC(C)(C)N(C)C)NCCc1ccc(OCC)c(OCC)c1.I. The zero-order valence-corrected chi connectivity index (χ0v) is 20.9. The highest BCUT2D eigenvalue weighted by molar-refractivity contribution is 14.0. The molecule has 0 bridgehead atoms. The summed E-state index contributed by atoms with van der Waals surface area (Å²) in [5, 5.41) is 6.73. The molecule has 0 atom stereocenters. The van der Waals surface area contributed by atoms with Crippen LogP contribution in [-0.4, -0.2) is 63.3 Å². The third-order valence-corrected chi connectivity index (χ3v) is 4.49. The number of rotatable bonds is 11. The lowest BCUT2D eigenvalue weighted by Crippen LogP contribution is -2.44. The molecule has 0 aromatic heterocycles. The smallest absolute Gasteiger partial charge is 0.191 e. The highest BCUT2D eigenvalue weighted by Crippen LogP contribution is 2.28. The molecule has 0 aliphatic heterocycles. The van der Waals surface area contributed by atoms with E-state index in [1.165, 1.54) is 5.56 Å². The lowest BCUT2D eigenvalue weighted by molar-refractivity contribution is 0.204. The molecule has 0 saturated carbocycles. The van der Waals surface area contributed by atoms with E-state index >= 15 is 0 Å². The molecule has 1 aromatic carbocycles. The number of aliphatic imine (C=N–C) groups is 1. The molecular formula is C21H39IN4O2. The molecule has 0 heterocycles. The fourth-order valence-electron chi connectivity index (χ4n) is 2.33. The van der Waals surface area contributed by atoms with Gasteiger partial charge in [0.05, 0.1) is 19.8 Å². The van der Waals surface area contributed by atoms with Gasteiger partial charge in [0, 0.05) is 18.6 Å². The van der Waals surface area contributed by atoms with Gasteiger partial charge >= 0.3 is 0 Å².